The summed E-state index contributed by atoms with van der Waals surface area (Å²) in [4.78, 5) is 25.4. The summed E-state index contributed by atoms with van der Waals surface area (Å²) in [5.74, 6) is 0.0919. The zero-order valence-electron chi connectivity index (χ0n) is 16.8. The summed E-state index contributed by atoms with van der Waals surface area (Å²) in [6, 6.07) is 20.3. The highest BCUT2D eigenvalue weighted by Crippen LogP contribution is 2.33. The van der Waals surface area contributed by atoms with Crippen LogP contribution in [0.1, 0.15) is 21.5 Å². The smallest absolute Gasteiger partial charge is 0.287 e. The highest BCUT2D eigenvalue weighted by Gasteiger charge is 2.16. The number of hydrazone groups is 1. The Morgan fingerprint density at radius 2 is 1.69 bits per heavy atom. The van der Waals surface area contributed by atoms with Crippen LogP contribution in [0.3, 0.4) is 0 Å². The van der Waals surface area contributed by atoms with Gasteiger partial charge >= 0.3 is 0 Å². The molecular formula is C24H19N3O5. The molecule has 0 saturated heterocycles. The van der Waals surface area contributed by atoms with Crippen molar-refractivity contribution in [2.45, 2.75) is 0 Å². The number of phenols is 1. The minimum Gasteiger partial charge on any atom is -0.507 e. The summed E-state index contributed by atoms with van der Waals surface area (Å²) in [5, 5.41) is 16.3. The highest BCUT2D eigenvalue weighted by atomic mass is 16.7. The van der Waals surface area contributed by atoms with Gasteiger partial charge in [0.15, 0.2) is 11.5 Å². The Morgan fingerprint density at radius 1 is 0.938 bits per heavy atom. The quantitative estimate of drug-likeness (QED) is 0.317. The lowest BCUT2D eigenvalue weighted by atomic mass is 10.1. The summed E-state index contributed by atoms with van der Waals surface area (Å²) < 4.78 is 10.7. The molecule has 0 aromatic heterocycles. The number of nitrogens with one attached hydrogen (secondary N) is 2. The zero-order valence-corrected chi connectivity index (χ0v) is 16.8. The number of ether oxygens (including phenoxy) is 2. The fourth-order valence-electron chi connectivity index (χ4n) is 2.93. The van der Waals surface area contributed by atoms with E-state index in [1.165, 1.54) is 18.4 Å². The maximum absolute atomic E-state index is 12.8. The molecule has 0 bridgehead atoms. The van der Waals surface area contributed by atoms with Crippen LogP contribution in [0.4, 0.5) is 0 Å². The third-order valence-electron chi connectivity index (χ3n) is 4.54. The van der Waals surface area contributed by atoms with Crippen LogP contribution in [0.5, 0.6) is 17.2 Å². The first kappa shape index (κ1) is 20.7. The number of hydrogen-bond donors (Lipinski definition) is 3. The van der Waals surface area contributed by atoms with Crippen molar-refractivity contribution < 1.29 is 24.2 Å². The molecule has 32 heavy (non-hydrogen) atoms. The second-order valence-electron chi connectivity index (χ2n) is 6.75. The van der Waals surface area contributed by atoms with Crippen LogP contribution >= 0.6 is 0 Å². The minimum absolute atomic E-state index is 0.0212. The Labute approximate surface area is 183 Å². The first-order valence-electron chi connectivity index (χ1n) is 9.69. The molecule has 3 aromatic rings. The van der Waals surface area contributed by atoms with Crippen molar-refractivity contribution >= 4 is 24.1 Å². The summed E-state index contributed by atoms with van der Waals surface area (Å²) in [5.41, 5.74) is 3.80. The molecule has 1 heterocycles. The number of carbonyl (C=O) groups excluding carboxylic acids is 2. The van der Waals surface area contributed by atoms with E-state index in [0.29, 0.717) is 28.2 Å². The van der Waals surface area contributed by atoms with Gasteiger partial charge in [0, 0.05) is 11.1 Å². The van der Waals surface area contributed by atoms with Crippen LogP contribution in [-0.2, 0) is 4.79 Å². The second-order valence-corrected chi connectivity index (χ2v) is 6.75. The van der Waals surface area contributed by atoms with Crippen LogP contribution in [0.2, 0.25) is 0 Å². The minimum atomic E-state index is -0.640. The molecule has 1 aliphatic rings. The van der Waals surface area contributed by atoms with Crippen molar-refractivity contribution in [3.05, 3.63) is 95.2 Å². The van der Waals surface area contributed by atoms with E-state index in [9.17, 15) is 14.7 Å². The Bertz CT molecular complexity index is 1210. The van der Waals surface area contributed by atoms with E-state index in [2.05, 4.69) is 15.8 Å². The largest absolute Gasteiger partial charge is 0.507 e. The Balaban J connectivity index is 1.57. The van der Waals surface area contributed by atoms with E-state index in [0.717, 1.165) is 0 Å². The summed E-state index contributed by atoms with van der Waals surface area (Å²) in [6.45, 7) is 0.127. The van der Waals surface area contributed by atoms with Gasteiger partial charge in [0.05, 0.1) is 6.21 Å². The van der Waals surface area contributed by atoms with Crippen LogP contribution in [0.25, 0.3) is 6.08 Å². The van der Waals surface area contributed by atoms with E-state index in [4.69, 9.17) is 9.47 Å². The molecule has 8 heteroatoms. The second kappa shape index (κ2) is 9.48. The van der Waals surface area contributed by atoms with Crippen LogP contribution in [0, 0.1) is 0 Å². The van der Waals surface area contributed by atoms with Crippen molar-refractivity contribution in [3.8, 4) is 17.2 Å². The molecule has 0 unspecified atom stereocenters. The lowest BCUT2D eigenvalue weighted by Gasteiger charge is -2.09. The molecule has 3 aromatic carbocycles. The Hall–Kier alpha value is -4.59. The lowest BCUT2D eigenvalue weighted by Crippen LogP contribution is -2.32. The van der Waals surface area contributed by atoms with Gasteiger partial charge in [-0.25, -0.2) is 5.43 Å². The number of carbonyl (C=O) groups is 2. The van der Waals surface area contributed by atoms with E-state index in [-0.39, 0.29) is 18.2 Å². The third kappa shape index (κ3) is 4.93. The predicted octanol–water partition coefficient (Wildman–Crippen LogP) is 3.04. The first-order valence-corrected chi connectivity index (χ1v) is 9.69. The van der Waals surface area contributed by atoms with Gasteiger partial charge in [0.2, 0.25) is 6.79 Å². The molecule has 8 nitrogen and oxygen atoms in total. The van der Waals surface area contributed by atoms with Gasteiger partial charge in [-0.05, 0) is 48.0 Å². The molecule has 0 saturated carbocycles. The fraction of sp³-hybridized carbons (Fsp3) is 0.0417. The summed E-state index contributed by atoms with van der Waals surface area (Å²) in [7, 11) is 0. The molecule has 160 valence electrons. The van der Waals surface area contributed by atoms with Gasteiger partial charge in [0.25, 0.3) is 11.8 Å². The normalized spacial score (nSPS) is 12.6. The maximum atomic E-state index is 12.8. The average molecular weight is 429 g/mol. The van der Waals surface area contributed by atoms with Crippen molar-refractivity contribution in [1.82, 2.24) is 10.7 Å². The van der Waals surface area contributed by atoms with Crippen LogP contribution in [-0.4, -0.2) is 29.9 Å². The maximum Gasteiger partial charge on any atom is 0.287 e. The van der Waals surface area contributed by atoms with Crippen molar-refractivity contribution in [1.29, 1.82) is 0 Å². The predicted molar refractivity (Wildman–Crippen MR) is 118 cm³/mol. The fourth-order valence-corrected chi connectivity index (χ4v) is 2.93. The average Bonchev–Trinajstić information content (AvgIpc) is 3.28. The number of aromatic hydroxyl groups is 1. The highest BCUT2D eigenvalue weighted by molar-refractivity contribution is 6.05. The van der Waals surface area contributed by atoms with Crippen molar-refractivity contribution in [2.75, 3.05) is 6.79 Å². The van der Waals surface area contributed by atoms with Gasteiger partial charge in [-0.1, -0.05) is 36.4 Å². The van der Waals surface area contributed by atoms with Gasteiger partial charge in [0.1, 0.15) is 11.4 Å². The van der Waals surface area contributed by atoms with E-state index < -0.39 is 11.8 Å². The van der Waals surface area contributed by atoms with Gasteiger partial charge in [-0.3, -0.25) is 9.59 Å². The number of benzene rings is 3. The van der Waals surface area contributed by atoms with Gasteiger partial charge < -0.3 is 19.9 Å². The van der Waals surface area contributed by atoms with Crippen molar-refractivity contribution in [3.63, 3.8) is 0 Å². The molecule has 0 fully saturated rings. The number of phenolic OH excluding ortho intramolecular Hbond substituents is 1. The molecule has 0 radical (unpaired) electrons. The molecule has 1 aliphatic heterocycles. The first-order chi connectivity index (χ1) is 15.6. The number of hydrogen-bond acceptors (Lipinski definition) is 6. The molecule has 0 aliphatic carbocycles. The zero-order chi connectivity index (χ0) is 22.3. The summed E-state index contributed by atoms with van der Waals surface area (Å²) >= 11 is 0. The van der Waals surface area contributed by atoms with E-state index in [1.54, 1.807) is 66.7 Å². The molecule has 3 N–H and O–H groups in total. The Morgan fingerprint density at radius 3 is 2.50 bits per heavy atom. The third-order valence-corrected chi connectivity index (χ3v) is 4.54. The van der Waals surface area contributed by atoms with Gasteiger partial charge in [-0.15, -0.1) is 0 Å². The lowest BCUT2D eigenvalue weighted by molar-refractivity contribution is -0.117. The standard InChI is InChI=1S/C24H19N3O5/c28-20-9-5-4-8-18(20)14-25-27-24(30)19(26-23(29)17-6-2-1-3-7-17)12-16-10-11-21-22(13-16)32-15-31-21/h1-14,28H,15H2,(H,26,29)(H,27,30)/b19-12+,25-14+. The number of nitrogens with zero attached hydrogens (tertiary/aromatic N) is 1. The summed E-state index contributed by atoms with van der Waals surface area (Å²) in [6.07, 6.45) is 2.82. The molecular weight excluding hydrogens is 410 g/mol. The molecule has 2 amide bonds. The monoisotopic (exact) mass is 429 g/mol. The number of amides is 2. The van der Waals surface area contributed by atoms with Crippen molar-refractivity contribution in [2.24, 2.45) is 5.10 Å². The van der Waals surface area contributed by atoms with Crippen LogP contribution < -0.4 is 20.2 Å². The number of para-hydroxylation sites is 1. The van der Waals surface area contributed by atoms with Crippen LogP contribution in [0.15, 0.2) is 83.6 Å². The number of fused-ring (bicyclic) bond motifs is 1. The van der Waals surface area contributed by atoms with E-state index >= 15 is 0 Å². The SMILES string of the molecule is O=C(N/N=C/c1ccccc1O)/C(=C\c1ccc2c(c1)OCO2)NC(=O)c1ccccc1. The molecule has 4 rings (SSSR count). The molecule has 0 atom stereocenters. The Kier molecular flexibility index (Phi) is 6.12. The van der Waals surface area contributed by atoms with E-state index in [1.807, 2.05) is 0 Å². The topological polar surface area (TPSA) is 109 Å². The number of rotatable bonds is 6. The molecule has 0 spiro atoms. The van der Waals surface area contributed by atoms with Gasteiger partial charge in [-0.2, -0.15) is 5.10 Å².